The van der Waals surface area contributed by atoms with Crippen molar-refractivity contribution in [3.8, 4) is 17.1 Å². The van der Waals surface area contributed by atoms with Gasteiger partial charge in [-0.15, -0.1) is 0 Å². The van der Waals surface area contributed by atoms with Crippen LogP contribution in [0.5, 0.6) is 5.75 Å². The molecule has 0 saturated carbocycles. The summed E-state index contributed by atoms with van der Waals surface area (Å²) >= 11 is 0. The minimum absolute atomic E-state index is 0.328. The largest absolute Gasteiger partial charge is 0.496 e. The molecule has 0 atom stereocenters. The number of nitrogens with zero attached hydrogens (tertiary/aromatic N) is 2. The van der Waals surface area contributed by atoms with Crippen molar-refractivity contribution in [1.82, 2.24) is 9.97 Å². The third-order valence-electron chi connectivity index (χ3n) is 2.36. The molecule has 0 fully saturated rings. The molecule has 5 nitrogen and oxygen atoms in total. The predicted octanol–water partition coefficient (Wildman–Crippen LogP) is 1.19. The van der Waals surface area contributed by atoms with Crippen LogP contribution in [0.25, 0.3) is 11.4 Å². The second kappa shape index (κ2) is 4.80. The molecular formula is C12H14N4O. The molecule has 0 unspecified atom stereocenters. The Balaban J connectivity index is 2.55. The van der Waals surface area contributed by atoms with Crippen LogP contribution in [0.3, 0.4) is 0 Å². The summed E-state index contributed by atoms with van der Waals surface area (Å²) in [6.45, 7) is 0.328. The zero-order chi connectivity index (χ0) is 12.3. The third-order valence-corrected chi connectivity index (χ3v) is 2.36. The van der Waals surface area contributed by atoms with Gasteiger partial charge in [-0.3, -0.25) is 0 Å². The molecule has 1 aromatic carbocycles. The first-order valence-corrected chi connectivity index (χ1v) is 5.21. The summed E-state index contributed by atoms with van der Waals surface area (Å²) in [6, 6.07) is 9.18. The van der Waals surface area contributed by atoms with E-state index in [1.54, 1.807) is 13.2 Å². The van der Waals surface area contributed by atoms with Crippen molar-refractivity contribution >= 4 is 5.82 Å². The van der Waals surface area contributed by atoms with Crippen LogP contribution in [0.15, 0.2) is 30.3 Å². The first-order valence-electron chi connectivity index (χ1n) is 5.21. The van der Waals surface area contributed by atoms with Crippen LogP contribution in [-0.2, 0) is 6.54 Å². The molecule has 2 rings (SSSR count). The highest BCUT2D eigenvalue weighted by molar-refractivity contribution is 5.65. The van der Waals surface area contributed by atoms with Crippen LogP contribution in [0.1, 0.15) is 5.69 Å². The Bertz CT molecular complexity index is 528. The normalized spacial score (nSPS) is 10.2. The minimum Gasteiger partial charge on any atom is -0.496 e. The quantitative estimate of drug-likeness (QED) is 0.827. The highest BCUT2D eigenvalue weighted by Crippen LogP contribution is 2.27. The van der Waals surface area contributed by atoms with E-state index in [4.69, 9.17) is 16.2 Å². The SMILES string of the molecule is COc1ccccc1-c1nc(N)cc(CN)n1. The number of hydrogen-bond donors (Lipinski definition) is 2. The molecule has 0 saturated heterocycles. The summed E-state index contributed by atoms with van der Waals surface area (Å²) in [5.74, 6) is 1.64. The molecule has 1 heterocycles. The topological polar surface area (TPSA) is 87.0 Å². The molecule has 1 aromatic heterocycles. The van der Waals surface area contributed by atoms with Crippen LogP contribution in [-0.4, -0.2) is 17.1 Å². The first kappa shape index (κ1) is 11.3. The van der Waals surface area contributed by atoms with Crippen molar-refractivity contribution in [3.05, 3.63) is 36.0 Å². The maximum Gasteiger partial charge on any atom is 0.165 e. The number of ether oxygens (including phenoxy) is 1. The second-order valence-electron chi connectivity index (χ2n) is 3.51. The van der Waals surface area contributed by atoms with Crippen LogP contribution in [0.2, 0.25) is 0 Å². The van der Waals surface area contributed by atoms with E-state index in [2.05, 4.69) is 9.97 Å². The molecule has 17 heavy (non-hydrogen) atoms. The van der Waals surface area contributed by atoms with Gasteiger partial charge in [0, 0.05) is 12.6 Å². The van der Waals surface area contributed by atoms with Crippen molar-refractivity contribution in [2.24, 2.45) is 5.73 Å². The first-order chi connectivity index (χ1) is 8.24. The van der Waals surface area contributed by atoms with Gasteiger partial charge in [0.25, 0.3) is 0 Å². The maximum absolute atomic E-state index is 5.72. The second-order valence-corrected chi connectivity index (χ2v) is 3.51. The van der Waals surface area contributed by atoms with E-state index in [1.807, 2.05) is 24.3 Å². The van der Waals surface area contributed by atoms with Gasteiger partial charge in [-0.05, 0) is 12.1 Å². The Morgan fingerprint density at radius 2 is 2.00 bits per heavy atom. The van der Waals surface area contributed by atoms with Gasteiger partial charge in [-0.2, -0.15) is 0 Å². The summed E-state index contributed by atoms with van der Waals surface area (Å²) in [4.78, 5) is 8.53. The Labute approximate surface area is 99.5 Å². The molecule has 5 heteroatoms. The smallest absolute Gasteiger partial charge is 0.165 e. The predicted molar refractivity (Wildman–Crippen MR) is 66.3 cm³/mol. The molecule has 0 aliphatic rings. The number of nitrogens with two attached hydrogens (primary N) is 2. The zero-order valence-corrected chi connectivity index (χ0v) is 9.55. The van der Waals surface area contributed by atoms with Gasteiger partial charge in [0.2, 0.25) is 0 Å². The average Bonchev–Trinajstić information content (AvgIpc) is 2.37. The van der Waals surface area contributed by atoms with E-state index in [0.29, 0.717) is 29.6 Å². The average molecular weight is 230 g/mol. The molecule has 0 bridgehead atoms. The van der Waals surface area contributed by atoms with Gasteiger partial charge in [0.05, 0.1) is 18.4 Å². The van der Waals surface area contributed by atoms with Crippen LogP contribution in [0, 0.1) is 0 Å². The van der Waals surface area contributed by atoms with Gasteiger partial charge < -0.3 is 16.2 Å². The molecule has 0 amide bonds. The molecule has 0 aliphatic heterocycles. The molecule has 2 aromatic rings. The molecule has 4 N–H and O–H groups in total. The summed E-state index contributed by atoms with van der Waals surface area (Å²) in [5, 5.41) is 0. The number of aromatic nitrogens is 2. The molecule has 0 spiro atoms. The highest BCUT2D eigenvalue weighted by atomic mass is 16.5. The molecule has 88 valence electrons. The van der Waals surface area contributed by atoms with Gasteiger partial charge in [0.1, 0.15) is 11.6 Å². The standard InChI is InChI=1S/C12H14N4O/c1-17-10-5-3-2-4-9(10)12-15-8(7-13)6-11(14)16-12/h2-6H,7,13H2,1H3,(H2,14,15,16). The third kappa shape index (κ3) is 2.34. The van der Waals surface area contributed by atoms with E-state index in [0.717, 1.165) is 5.56 Å². The van der Waals surface area contributed by atoms with E-state index < -0.39 is 0 Å². The maximum atomic E-state index is 5.72. The highest BCUT2D eigenvalue weighted by Gasteiger charge is 2.09. The zero-order valence-electron chi connectivity index (χ0n) is 9.55. The van der Waals surface area contributed by atoms with Crippen molar-refractivity contribution in [2.45, 2.75) is 6.54 Å². The number of methoxy groups -OCH3 is 1. The van der Waals surface area contributed by atoms with E-state index in [-0.39, 0.29) is 0 Å². The minimum atomic E-state index is 0.328. The van der Waals surface area contributed by atoms with Crippen molar-refractivity contribution in [1.29, 1.82) is 0 Å². The Hall–Kier alpha value is -2.14. The Morgan fingerprint density at radius 1 is 1.24 bits per heavy atom. The fourth-order valence-corrected chi connectivity index (χ4v) is 1.57. The van der Waals surface area contributed by atoms with Crippen LogP contribution in [0.4, 0.5) is 5.82 Å². The number of anilines is 1. The molecular weight excluding hydrogens is 216 g/mol. The summed E-state index contributed by atoms with van der Waals surface area (Å²) < 4.78 is 5.26. The monoisotopic (exact) mass is 230 g/mol. The number of nitrogen functional groups attached to an aromatic ring is 1. The number of hydrogen-bond acceptors (Lipinski definition) is 5. The van der Waals surface area contributed by atoms with Crippen molar-refractivity contribution in [3.63, 3.8) is 0 Å². The van der Waals surface area contributed by atoms with Crippen molar-refractivity contribution < 1.29 is 4.74 Å². The van der Waals surface area contributed by atoms with E-state index in [1.165, 1.54) is 0 Å². The molecule has 0 aliphatic carbocycles. The lowest BCUT2D eigenvalue weighted by atomic mass is 10.2. The van der Waals surface area contributed by atoms with Gasteiger partial charge in [-0.25, -0.2) is 9.97 Å². The van der Waals surface area contributed by atoms with Crippen LogP contribution < -0.4 is 16.2 Å². The van der Waals surface area contributed by atoms with Crippen molar-refractivity contribution in [2.75, 3.05) is 12.8 Å². The fraction of sp³-hybridized carbons (Fsp3) is 0.167. The van der Waals surface area contributed by atoms with E-state index in [9.17, 15) is 0 Å². The van der Waals surface area contributed by atoms with Gasteiger partial charge in [0.15, 0.2) is 5.82 Å². The summed E-state index contributed by atoms with van der Waals surface area (Å²) in [5.41, 5.74) is 12.8. The molecule has 0 radical (unpaired) electrons. The lowest BCUT2D eigenvalue weighted by Gasteiger charge is -2.08. The van der Waals surface area contributed by atoms with Gasteiger partial charge >= 0.3 is 0 Å². The lowest BCUT2D eigenvalue weighted by Crippen LogP contribution is -2.05. The summed E-state index contributed by atoms with van der Waals surface area (Å²) in [6.07, 6.45) is 0. The number of benzene rings is 1. The summed E-state index contributed by atoms with van der Waals surface area (Å²) in [7, 11) is 1.61. The Morgan fingerprint density at radius 3 is 2.71 bits per heavy atom. The van der Waals surface area contributed by atoms with Gasteiger partial charge in [-0.1, -0.05) is 12.1 Å². The fourth-order valence-electron chi connectivity index (χ4n) is 1.57. The van der Waals surface area contributed by atoms with E-state index >= 15 is 0 Å². The number of rotatable bonds is 3. The number of para-hydroxylation sites is 1. The Kier molecular flexibility index (Phi) is 3.20. The van der Waals surface area contributed by atoms with Crippen LogP contribution >= 0.6 is 0 Å². The lowest BCUT2D eigenvalue weighted by molar-refractivity contribution is 0.416.